The van der Waals surface area contributed by atoms with E-state index in [4.69, 9.17) is 20.6 Å². The van der Waals surface area contributed by atoms with E-state index >= 15 is 0 Å². The van der Waals surface area contributed by atoms with Crippen molar-refractivity contribution < 1.29 is 19.0 Å². The highest BCUT2D eigenvalue weighted by atomic mass is 16.5. The van der Waals surface area contributed by atoms with Crippen LogP contribution in [0.5, 0.6) is 11.5 Å². The second-order valence-electron chi connectivity index (χ2n) is 13.0. The molecule has 4 rings (SSSR count). The number of ether oxygens (including phenoxy) is 3. The Morgan fingerprint density at radius 3 is 2.56 bits per heavy atom. The predicted molar refractivity (Wildman–Crippen MR) is 166 cm³/mol. The molecule has 3 aliphatic rings. The highest BCUT2D eigenvalue weighted by Crippen LogP contribution is 2.50. The van der Waals surface area contributed by atoms with Gasteiger partial charge in [-0.15, -0.1) is 6.42 Å². The van der Waals surface area contributed by atoms with Crippen LogP contribution >= 0.6 is 0 Å². The highest BCUT2D eigenvalue weighted by molar-refractivity contribution is 5.85. The van der Waals surface area contributed by atoms with Gasteiger partial charge < -0.3 is 14.2 Å². The fraction of sp³-hybridized carbons (Fsp3) is 0.686. The predicted octanol–water partition coefficient (Wildman–Crippen LogP) is 6.53. The summed E-state index contributed by atoms with van der Waals surface area (Å²) in [5.41, 5.74) is 4.17. The maximum absolute atomic E-state index is 13.6. The van der Waals surface area contributed by atoms with Crippen LogP contribution in [0.25, 0.3) is 5.57 Å². The molecule has 3 aliphatic heterocycles. The molecule has 3 heterocycles. The van der Waals surface area contributed by atoms with Gasteiger partial charge in [-0.3, -0.25) is 14.6 Å². The van der Waals surface area contributed by atoms with Crippen molar-refractivity contribution in [2.24, 2.45) is 11.8 Å². The molecule has 41 heavy (non-hydrogen) atoms. The molecule has 0 aromatic heterocycles. The van der Waals surface area contributed by atoms with Crippen LogP contribution in [0.2, 0.25) is 0 Å². The third kappa shape index (κ3) is 7.74. The number of hydrogen-bond donors (Lipinski definition) is 0. The maximum Gasteiger partial charge on any atom is 0.314 e. The van der Waals surface area contributed by atoms with Gasteiger partial charge in [-0.1, -0.05) is 59.3 Å². The molecule has 1 fully saturated rings. The summed E-state index contributed by atoms with van der Waals surface area (Å²) in [5.74, 6) is 4.73. The number of carbonyl (C=O) groups is 1. The van der Waals surface area contributed by atoms with Crippen LogP contribution in [0.4, 0.5) is 0 Å². The van der Waals surface area contributed by atoms with E-state index in [1.165, 1.54) is 42.4 Å². The van der Waals surface area contributed by atoms with Gasteiger partial charge in [0.15, 0.2) is 0 Å². The van der Waals surface area contributed by atoms with E-state index in [9.17, 15) is 4.79 Å². The number of benzene rings is 1. The third-order valence-electron chi connectivity index (χ3n) is 9.46. The van der Waals surface area contributed by atoms with Crippen molar-refractivity contribution in [1.29, 1.82) is 0 Å². The molecule has 0 radical (unpaired) electrons. The van der Waals surface area contributed by atoms with Crippen molar-refractivity contribution in [3.8, 4) is 23.8 Å². The summed E-state index contributed by atoms with van der Waals surface area (Å²) in [4.78, 5) is 18.2. The molecule has 0 saturated carbocycles. The summed E-state index contributed by atoms with van der Waals surface area (Å²) in [6, 6.07) is 4.33. The van der Waals surface area contributed by atoms with E-state index in [1.54, 1.807) is 0 Å². The van der Waals surface area contributed by atoms with Gasteiger partial charge in [-0.25, -0.2) is 0 Å². The minimum atomic E-state index is -0.425. The van der Waals surface area contributed by atoms with Gasteiger partial charge in [0.1, 0.15) is 17.1 Å². The Kier molecular flexibility index (Phi) is 11.0. The summed E-state index contributed by atoms with van der Waals surface area (Å²) in [7, 11) is 0. The van der Waals surface area contributed by atoms with Crippen LogP contribution in [-0.2, 0) is 9.53 Å². The number of unbranched alkanes of at least 4 members (excludes halogenated alkanes) is 2. The fourth-order valence-electron chi connectivity index (χ4n) is 6.47. The van der Waals surface area contributed by atoms with Gasteiger partial charge in [0.25, 0.3) is 0 Å². The molecule has 6 heteroatoms. The first-order valence-electron chi connectivity index (χ1n) is 15.9. The van der Waals surface area contributed by atoms with Crippen LogP contribution in [-0.4, -0.2) is 73.9 Å². The van der Waals surface area contributed by atoms with E-state index in [2.05, 4.69) is 62.5 Å². The molecule has 6 nitrogen and oxygen atoms in total. The quantitative estimate of drug-likeness (QED) is 0.124. The van der Waals surface area contributed by atoms with Crippen LogP contribution < -0.4 is 9.47 Å². The Hall–Kier alpha value is -2.33. The lowest BCUT2D eigenvalue weighted by Crippen LogP contribution is -2.42. The fourth-order valence-corrected chi connectivity index (χ4v) is 6.47. The summed E-state index contributed by atoms with van der Waals surface area (Å²) in [6.07, 6.45) is 12.3. The molecule has 0 aliphatic carbocycles. The molecule has 0 amide bonds. The Morgan fingerprint density at radius 2 is 1.85 bits per heavy atom. The molecule has 3 atom stereocenters. The average molecular weight is 565 g/mol. The van der Waals surface area contributed by atoms with Gasteiger partial charge in [0.2, 0.25) is 0 Å². The van der Waals surface area contributed by atoms with E-state index in [0.29, 0.717) is 24.1 Å². The number of carbonyl (C=O) groups excluding carboxylic acids is 1. The first-order chi connectivity index (χ1) is 19.6. The van der Waals surface area contributed by atoms with Gasteiger partial charge in [0.05, 0.1) is 31.2 Å². The molecule has 1 saturated heterocycles. The summed E-state index contributed by atoms with van der Waals surface area (Å²) in [5, 5.41) is 0. The second kappa shape index (κ2) is 14.2. The Bertz CT molecular complexity index is 1130. The first-order valence-corrected chi connectivity index (χ1v) is 15.9. The first kappa shape index (κ1) is 31.6. The lowest BCUT2D eigenvalue weighted by atomic mass is 9.79. The largest absolute Gasteiger partial charge is 0.483 e. The number of hydrogen-bond acceptors (Lipinski definition) is 6. The summed E-state index contributed by atoms with van der Waals surface area (Å²) in [6.45, 7) is 19.7. The normalized spacial score (nSPS) is 21.2. The maximum atomic E-state index is 13.6. The number of rotatable bonds is 12. The van der Waals surface area contributed by atoms with Gasteiger partial charge in [-0.05, 0) is 73.9 Å². The van der Waals surface area contributed by atoms with Gasteiger partial charge >= 0.3 is 5.97 Å². The average Bonchev–Trinajstić information content (AvgIpc) is 2.95. The Labute approximate surface area is 248 Å². The number of terminal acetylenes is 1. The summed E-state index contributed by atoms with van der Waals surface area (Å²) < 4.78 is 18.6. The van der Waals surface area contributed by atoms with Crippen molar-refractivity contribution in [3.63, 3.8) is 0 Å². The van der Waals surface area contributed by atoms with E-state index < -0.39 is 5.60 Å². The SMILES string of the molecule is C#CCN1CCC2=C(C1)c1c(OC(=O)C(C)CCN3CCOCC3)cc(C(C)C(C)CCCCC)cc1OC2(C)C. The second-order valence-corrected chi connectivity index (χ2v) is 13.0. The van der Waals surface area contributed by atoms with Crippen molar-refractivity contribution in [2.45, 2.75) is 91.6 Å². The monoisotopic (exact) mass is 564 g/mol. The lowest BCUT2D eigenvalue weighted by Gasteiger charge is -2.42. The van der Waals surface area contributed by atoms with Crippen molar-refractivity contribution in [2.75, 3.05) is 52.5 Å². The van der Waals surface area contributed by atoms with Crippen LogP contribution in [0.1, 0.15) is 97.1 Å². The summed E-state index contributed by atoms with van der Waals surface area (Å²) >= 11 is 0. The molecule has 1 aromatic rings. The number of esters is 1. The van der Waals surface area contributed by atoms with E-state index in [0.717, 1.165) is 70.1 Å². The molecule has 0 spiro atoms. The zero-order chi connectivity index (χ0) is 29.6. The topological polar surface area (TPSA) is 51.2 Å². The molecule has 0 bridgehead atoms. The number of nitrogens with zero attached hydrogens (tertiary/aromatic N) is 2. The van der Waals surface area contributed by atoms with Gasteiger partial charge in [-0.2, -0.15) is 0 Å². The van der Waals surface area contributed by atoms with Crippen LogP contribution in [0.15, 0.2) is 17.7 Å². The Morgan fingerprint density at radius 1 is 1.10 bits per heavy atom. The van der Waals surface area contributed by atoms with Crippen molar-refractivity contribution in [1.82, 2.24) is 9.80 Å². The minimum absolute atomic E-state index is 0.176. The van der Waals surface area contributed by atoms with Gasteiger partial charge in [0, 0.05) is 26.2 Å². The van der Waals surface area contributed by atoms with Crippen LogP contribution in [0.3, 0.4) is 0 Å². The molecular formula is C35H52N2O4. The Balaban J connectivity index is 1.65. The molecule has 3 unspecified atom stereocenters. The standard InChI is InChI=1S/C35H52N2O4/c1-8-10-11-12-25(3)27(5)28-22-31(40-34(38)26(4)13-16-36-18-20-39-21-19-36)33-29-24-37(15-9-2)17-14-30(29)35(6,7)41-32(33)23-28/h2,22-23,25-27H,8,10-21,24H2,1,3-7H3. The number of morpholine rings is 1. The molecular weight excluding hydrogens is 512 g/mol. The smallest absolute Gasteiger partial charge is 0.314 e. The molecule has 0 N–H and O–H groups in total. The molecule has 1 aromatic carbocycles. The minimum Gasteiger partial charge on any atom is -0.483 e. The zero-order valence-electron chi connectivity index (χ0n) is 26.4. The molecule has 226 valence electrons. The van der Waals surface area contributed by atoms with Crippen molar-refractivity contribution >= 4 is 11.5 Å². The third-order valence-corrected chi connectivity index (χ3v) is 9.46. The lowest BCUT2D eigenvalue weighted by molar-refractivity contribution is -0.138. The number of fused-ring (bicyclic) bond motifs is 2. The van der Waals surface area contributed by atoms with Crippen LogP contribution in [0, 0.1) is 24.2 Å². The van der Waals surface area contributed by atoms with E-state index in [1.807, 2.05) is 6.92 Å². The van der Waals surface area contributed by atoms with Crippen molar-refractivity contribution in [3.05, 3.63) is 28.8 Å². The zero-order valence-corrected chi connectivity index (χ0v) is 26.4. The highest BCUT2D eigenvalue weighted by Gasteiger charge is 2.40. The van der Waals surface area contributed by atoms with E-state index in [-0.39, 0.29) is 11.9 Å².